The van der Waals surface area contributed by atoms with Crippen molar-refractivity contribution in [1.82, 2.24) is 4.98 Å². The van der Waals surface area contributed by atoms with E-state index in [4.69, 9.17) is 23.2 Å². The van der Waals surface area contributed by atoms with Crippen molar-refractivity contribution in [2.45, 2.75) is 6.92 Å². The Hall–Kier alpha value is -2.11. The van der Waals surface area contributed by atoms with Gasteiger partial charge in [0.1, 0.15) is 10.3 Å². The van der Waals surface area contributed by atoms with Crippen LogP contribution in [0.2, 0.25) is 10.3 Å². The van der Waals surface area contributed by atoms with Crippen molar-refractivity contribution in [3.05, 3.63) is 52.3 Å². The first-order valence-corrected chi connectivity index (χ1v) is 6.72. The Morgan fingerprint density at radius 1 is 0.952 bits per heavy atom. The quantitative estimate of drug-likeness (QED) is 0.848. The molecule has 2 N–H and O–H groups in total. The van der Waals surface area contributed by atoms with Gasteiger partial charge in [-0.05, 0) is 36.4 Å². The number of carbonyl (C=O) groups is 2. The van der Waals surface area contributed by atoms with Gasteiger partial charge in [0, 0.05) is 23.9 Å². The molecule has 0 spiro atoms. The summed E-state index contributed by atoms with van der Waals surface area (Å²) >= 11 is 11.5. The third kappa shape index (κ3) is 4.44. The third-order valence-corrected chi connectivity index (χ3v) is 2.88. The van der Waals surface area contributed by atoms with Gasteiger partial charge in [-0.2, -0.15) is 0 Å². The maximum Gasteiger partial charge on any atom is 0.255 e. The van der Waals surface area contributed by atoms with Crippen molar-refractivity contribution in [1.29, 1.82) is 0 Å². The number of nitrogens with one attached hydrogen (secondary N) is 2. The molecule has 2 amide bonds. The SMILES string of the molecule is CC(=O)Nc1ccc(NC(=O)c2cc(Cl)nc(Cl)c2)cc1. The van der Waals surface area contributed by atoms with Crippen LogP contribution in [-0.4, -0.2) is 16.8 Å². The van der Waals surface area contributed by atoms with Crippen molar-refractivity contribution in [2.24, 2.45) is 0 Å². The average Bonchev–Trinajstić information content (AvgIpc) is 2.39. The van der Waals surface area contributed by atoms with E-state index in [0.29, 0.717) is 16.9 Å². The molecule has 2 aromatic rings. The zero-order valence-corrected chi connectivity index (χ0v) is 12.5. The van der Waals surface area contributed by atoms with Crippen molar-refractivity contribution in [3.63, 3.8) is 0 Å². The number of nitrogens with zero attached hydrogens (tertiary/aromatic N) is 1. The predicted molar refractivity (Wildman–Crippen MR) is 83.0 cm³/mol. The normalized spacial score (nSPS) is 10.0. The molecule has 1 aromatic heterocycles. The van der Waals surface area contributed by atoms with E-state index in [1.54, 1.807) is 24.3 Å². The summed E-state index contributed by atoms with van der Waals surface area (Å²) in [5.41, 5.74) is 1.54. The number of pyridine rings is 1. The standard InChI is InChI=1S/C14H11Cl2N3O2/c1-8(20)17-10-2-4-11(5-3-10)18-14(21)9-6-12(15)19-13(16)7-9/h2-7H,1H3,(H,17,20)(H,18,21). The van der Waals surface area contributed by atoms with Gasteiger partial charge in [0.05, 0.1) is 0 Å². The topological polar surface area (TPSA) is 71.1 Å². The Kier molecular flexibility index (Phi) is 4.77. The fourth-order valence-electron chi connectivity index (χ4n) is 1.64. The Morgan fingerprint density at radius 2 is 1.43 bits per heavy atom. The van der Waals surface area contributed by atoms with E-state index in [9.17, 15) is 9.59 Å². The van der Waals surface area contributed by atoms with Gasteiger partial charge < -0.3 is 10.6 Å². The summed E-state index contributed by atoms with van der Waals surface area (Å²) < 4.78 is 0. The Labute approximate surface area is 131 Å². The molecule has 108 valence electrons. The van der Waals surface area contributed by atoms with Gasteiger partial charge in [-0.3, -0.25) is 9.59 Å². The van der Waals surface area contributed by atoms with Gasteiger partial charge in [0.15, 0.2) is 0 Å². The molecule has 1 aromatic carbocycles. The molecule has 0 saturated heterocycles. The van der Waals surface area contributed by atoms with Crippen LogP contribution < -0.4 is 10.6 Å². The molecule has 0 atom stereocenters. The molecule has 0 fully saturated rings. The van der Waals surface area contributed by atoms with E-state index < -0.39 is 0 Å². The average molecular weight is 324 g/mol. The maximum atomic E-state index is 12.1. The number of amides is 2. The lowest BCUT2D eigenvalue weighted by molar-refractivity contribution is -0.114. The number of benzene rings is 1. The zero-order valence-electron chi connectivity index (χ0n) is 11.0. The minimum absolute atomic E-state index is 0.147. The Bertz CT molecular complexity index is 667. The van der Waals surface area contributed by atoms with E-state index in [1.807, 2.05) is 0 Å². The van der Waals surface area contributed by atoms with Gasteiger partial charge in [-0.1, -0.05) is 23.2 Å². The predicted octanol–water partition coefficient (Wildman–Crippen LogP) is 3.60. The van der Waals surface area contributed by atoms with Crippen molar-refractivity contribution in [3.8, 4) is 0 Å². The van der Waals surface area contributed by atoms with Crippen LogP contribution in [0.3, 0.4) is 0 Å². The van der Waals surface area contributed by atoms with Gasteiger partial charge in [-0.25, -0.2) is 4.98 Å². The van der Waals surface area contributed by atoms with Crippen LogP contribution in [0.4, 0.5) is 11.4 Å². The molecule has 0 bridgehead atoms. The lowest BCUT2D eigenvalue weighted by Crippen LogP contribution is -2.12. The minimum Gasteiger partial charge on any atom is -0.326 e. The van der Waals surface area contributed by atoms with Gasteiger partial charge in [-0.15, -0.1) is 0 Å². The molecule has 0 aliphatic carbocycles. The largest absolute Gasteiger partial charge is 0.326 e. The first-order valence-electron chi connectivity index (χ1n) is 5.96. The summed E-state index contributed by atoms with van der Waals surface area (Å²) in [5, 5.41) is 5.63. The highest BCUT2D eigenvalue weighted by molar-refractivity contribution is 6.33. The van der Waals surface area contributed by atoms with E-state index >= 15 is 0 Å². The number of aromatic nitrogens is 1. The summed E-state index contributed by atoms with van der Waals surface area (Å²) in [6.07, 6.45) is 0. The van der Waals surface area contributed by atoms with Crippen LogP contribution in [0.5, 0.6) is 0 Å². The van der Waals surface area contributed by atoms with Crippen molar-refractivity contribution in [2.75, 3.05) is 10.6 Å². The van der Waals surface area contributed by atoms with Crippen molar-refractivity contribution < 1.29 is 9.59 Å². The molecule has 1 heterocycles. The van der Waals surface area contributed by atoms with E-state index in [0.717, 1.165) is 0 Å². The molecule has 0 radical (unpaired) electrons. The number of halogens is 2. The summed E-state index contributed by atoms with van der Waals surface area (Å²) in [5.74, 6) is -0.513. The van der Waals surface area contributed by atoms with Crippen LogP contribution in [0.1, 0.15) is 17.3 Å². The van der Waals surface area contributed by atoms with E-state index in [-0.39, 0.29) is 22.1 Å². The molecule has 0 aliphatic heterocycles. The van der Waals surface area contributed by atoms with Crippen LogP contribution in [0, 0.1) is 0 Å². The second-order valence-corrected chi connectivity index (χ2v) is 4.99. The van der Waals surface area contributed by atoms with Crippen LogP contribution in [0.15, 0.2) is 36.4 Å². The Morgan fingerprint density at radius 3 is 1.90 bits per heavy atom. The van der Waals surface area contributed by atoms with Crippen LogP contribution in [-0.2, 0) is 4.79 Å². The number of anilines is 2. The molecular weight excluding hydrogens is 313 g/mol. The minimum atomic E-state index is -0.353. The zero-order chi connectivity index (χ0) is 15.4. The molecule has 2 rings (SSSR count). The highest BCUT2D eigenvalue weighted by Gasteiger charge is 2.09. The molecular formula is C14H11Cl2N3O2. The smallest absolute Gasteiger partial charge is 0.255 e. The number of carbonyl (C=O) groups excluding carboxylic acids is 2. The van der Waals surface area contributed by atoms with Gasteiger partial charge >= 0.3 is 0 Å². The summed E-state index contributed by atoms with van der Waals surface area (Å²) in [7, 11) is 0. The van der Waals surface area contributed by atoms with Crippen molar-refractivity contribution >= 4 is 46.4 Å². The summed E-state index contributed by atoms with van der Waals surface area (Å²) in [4.78, 5) is 26.7. The van der Waals surface area contributed by atoms with E-state index in [1.165, 1.54) is 19.1 Å². The lowest BCUT2D eigenvalue weighted by Gasteiger charge is -2.07. The number of hydrogen-bond acceptors (Lipinski definition) is 3. The number of rotatable bonds is 3. The first-order chi connectivity index (χ1) is 9.94. The number of hydrogen-bond donors (Lipinski definition) is 2. The second-order valence-electron chi connectivity index (χ2n) is 4.21. The molecule has 0 aliphatic rings. The van der Waals surface area contributed by atoms with Crippen LogP contribution in [0.25, 0.3) is 0 Å². The molecule has 7 heteroatoms. The van der Waals surface area contributed by atoms with Crippen LogP contribution >= 0.6 is 23.2 Å². The first kappa shape index (κ1) is 15.3. The van der Waals surface area contributed by atoms with E-state index in [2.05, 4.69) is 15.6 Å². The molecule has 21 heavy (non-hydrogen) atoms. The fourth-order valence-corrected chi connectivity index (χ4v) is 2.10. The maximum absolute atomic E-state index is 12.1. The summed E-state index contributed by atoms with van der Waals surface area (Å²) in [6, 6.07) is 9.57. The molecule has 5 nitrogen and oxygen atoms in total. The van der Waals surface area contributed by atoms with Gasteiger partial charge in [0.25, 0.3) is 5.91 Å². The second kappa shape index (κ2) is 6.56. The lowest BCUT2D eigenvalue weighted by atomic mass is 10.2. The highest BCUT2D eigenvalue weighted by atomic mass is 35.5. The monoisotopic (exact) mass is 323 g/mol. The summed E-state index contributed by atoms with van der Waals surface area (Å²) in [6.45, 7) is 1.42. The van der Waals surface area contributed by atoms with Gasteiger partial charge in [0.2, 0.25) is 5.91 Å². The molecule has 0 saturated carbocycles. The highest BCUT2D eigenvalue weighted by Crippen LogP contribution is 2.18. The molecule has 0 unspecified atom stereocenters. The Balaban J connectivity index is 2.10. The third-order valence-electron chi connectivity index (χ3n) is 2.49. The fraction of sp³-hybridized carbons (Fsp3) is 0.0714.